The van der Waals surface area contributed by atoms with Crippen molar-refractivity contribution in [2.75, 3.05) is 0 Å². The summed E-state index contributed by atoms with van der Waals surface area (Å²) < 4.78 is 2.49. The number of hydrogen-bond acceptors (Lipinski definition) is 4. The molecule has 11 rings (SSSR count). The zero-order valence-electron chi connectivity index (χ0n) is 28.0. The lowest BCUT2D eigenvalue weighted by Gasteiger charge is -2.32. The minimum Gasteiger partial charge on any atom is -0.211 e. The van der Waals surface area contributed by atoms with Gasteiger partial charge in [0, 0.05) is 31.3 Å². The average Bonchev–Trinajstić information content (AvgIpc) is 3.75. The summed E-state index contributed by atoms with van der Waals surface area (Å²) >= 11 is 1.81. The summed E-state index contributed by atoms with van der Waals surface area (Å²) in [7, 11) is 0. The number of benzene rings is 8. The van der Waals surface area contributed by atoms with Crippen molar-refractivity contribution < 1.29 is 0 Å². The predicted molar refractivity (Wildman–Crippen MR) is 216 cm³/mol. The second kappa shape index (κ2) is 11.3. The van der Waals surface area contributed by atoms with Crippen LogP contribution in [0.2, 0.25) is 0 Å². The number of thiophene rings is 1. The van der Waals surface area contributed by atoms with Crippen molar-refractivity contribution in [3.8, 4) is 33.9 Å². The molecule has 0 N–H and O–H groups in total. The molecule has 1 aliphatic carbocycles. The van der Waals surface area contributed by atoms with E-state index < -0.39 is 5.41 Å². The third kappa shape index (κ3) is 4.16. The lowest BCUT2D eigenvalue weighted by molar-refractivity contribution is 0.693. The maximum Gasteiger partial charge on any atom is 0.163 e. The molecule has 2 heterocycles. The van der Waals surface area contributed by atoms with E-state index in [9.17, 15) is 0 Å². The summed E-state index contributed by atoms with van der Waals surface area (Å²) in [6.45, 7) is 0. The fraction of sp³-hybridized carbons (Fsp3) is 0.0208. The van der Waals surface area contributed by atoms with Gasteiger partial charge in [0.2, 0.25) is 0 Å². The molecule has 0 unspecified atom stereocenters. The Bertz CT molecular complexity index is 2940. The first-order valence-electron chi connectivity index (χ1n) is 17.6. The van der Waals surface area contributed by atoms with Gasteiger partial charge >= 0.3 is 0 Å². The van der Waals surface area contributed by atoms with Crippen LogP contribution in [0.1, 0.15) is 22.5 Å². The SMILES string of the molecule is c1ccc(-c2nc(-c3ccc4c(c3)sc3ccccc34)nc(C3(c4ccccc4)c4ccc5ccccc5c4-c4c3ccc3ccccc43)n2)cc1. The summed E-state index contributed by atoms with van der Waals surface area (Å²) in [6, 6.07) is 63.0. The third-order valence-electron chi connectivity index (χ3n) is 10.8. The van der Waals surface area contributed by atoms with Gasteiger partial charge in [-0.2, -0.15) is 0 Å². The number of hydrogen-bond donors (Lipinski definition) is 0. The highest BCUT2D eigenvalue weighted by atomic mass is 32.1. The van der Waals surface area contributed by atoms with E-state index >= 15 is 0 Å². The van der Waals surface area contributed by atoms with E-state index in [2.05, 4.69) is 158 Å². The summed E-state index contributed by atoms with van der Waals surface area (Å²) in [6.07, 6.45) is 0. The molecule has 2 aromatic heterocycles. The van der Waals surface area contributed by atoms with Crippen LogP contribution >= 0.6 is 11.3 Å². The zero-order valence-corrected chi connectivity index (χ0v) is 28.8. The third-order valence-corrected chi connectivity index (χ3v) is 11.9. The van der Waals surface area contributed by atoms with Gasteiger partial charge in [0.05, 0.1) is 0 Å². The lowest BCUT2D eigenvalue weighted by Crippen LogP contribution is -2.31. The van der Waals surface area contributed by atoms with Gasteiger partial charge in [-0.3, -0.25) is 0 Å². The summed E-state index contributed by atoms with van der Waals surface area (Å²) in [5.41, 5.74) is 7.07. The fourth-order valence-corrected chi connectivity index (χ4v) is 9.62. The molecule has 0 bridgehead atoms. The molecular formula is C48H29N3S. The average molecular weight is 680 g/mol. The fourth-order valence-electron chi connectivity index (χ4n) is 8.48. The first-order chi connectivity index (χ1) is 25.8. The monoisotopic (exact) mass is 679 g/mol. The number of nitrogens with zero attached hydrogens (tertiary/aromatic N) is 3. The Balaban J connectivity index is 1.28. The number of rotatable bonds is 4. The molecule has 4 heteroatoms. The minimum absolute atomic E-state index is 0.656. The second-order valence-corrected chi connectivity index (χ2v) is 14.6. The first-order valence-corrected chi connectivity index (χ1v) is 18.4. The van der Waals surface area contributed by atoms with Gasteiger partial charge in [0.1, 0.15) is 5.41 Å². The van der Waals surface area contributed by atoms with Crippen LogP contribution < -0.4 is 0 Å². The van der Waals surface area contributed by atoms with Gasteiger partial charge in [-0.05, 0) is 61.5 Å². The summed E-state index contributed by atoms with van der Waals surface area (Å²) in [4.78, 5) is 16.3. The summed E-state index contributed by atoms with van der Waals surface area (Å²) in [5.74, 6) is 2.03. The standard InChI is InChI=1S/C48H29N3S/c1-3-15-32(16-4-1)45-49-46(33-23-26-38-37-21-11-12-22-41(37)52-42(38)29-33)51-47(50-45)48(34-17-5-2-6-18-34)39-27-24-30-13-7-9-19-35(30)43(39)44-36-20-10-8-14-31(36)25-28-40(44)48/h1-29H. The van der Waals surface area contributed by atoms with Crippen LogP contribution in [0, 0.1) is 0 Å². The Morgan fingerprint density at radius 3 is 1.60 bits per heavy atom. The van der Waals surface area contributed by atoms with Crippen LogP contribution in [0.5, 0.6) is 0 Å². The van der Waals surface area contributed by atoms with Crippen LogP contribution in [0.25, 0.3) is 75.6 Å². The summed E-state index contributed by atoms with van der Waals surface area (Å²) in [5, 5.41) is 7.40. The molecule has 0 saturated carbocycles. The van der Waals surface area contributed by atoms with Gasteiger partial charge in [0.15, 0.2) is 17.5 Å². The van der Waals surface area contributed by atoms with E-state index in [4.69, 9.17) is 15.0 Å². The quantitative estimate of drug-likeness (QED) is 0.186. The molecule has 1 aliphatic rings. The van der Waals surface area contributed by atoms with Gasteiger partial charge in [-0.15, -0.1) is 11.3 Å². The largest absolute Gasteiger partial charge is 0.211 e. The normalized spacial score (nSPS) is 13.2. The molecule has 0 aliphatic heterocycles. The van der Waals surface area contributed by atoms with Crippen LogP contribution in [0.4, 0.5) is 0 Å². The van der Waals surface area contributed by atoms with Gasteiger partial charge in [0.25, 0.3) is 0 Å². The van der Waals surface area contributed by atoms with Crippen molar-refractivity contribution in [1.29, 1.82) is 0 Å². The molecule has 0 radical (unpaired) electrons. The smallest absolute Gasteiger partial charge is 0.163 e. The van der Waals surface area contributed by atoms with E-state index in [1.54, 1.807) is 0 Å². The van der Waals surface area contributed by atoms with Crippen LogP contribution in [0.3, 0.4) is 0 Å². The van der Waals surface area contributed by atoms with E-state index in [1.807, 2.05) is 29.5 Å². The van der Waals surface area contributed by atoms with E-state index in [1.165, 1.54) is 64.0 Å². The Labute approximate surface area is 304 Å². The number of fused-ring (bicyclic) bond motifs is 10. The minimum atomic E-state index is -0.817. The second-order valence-electron chi connectivity index (χ2n) is 13.5. The molecule has 0 saturated heterocycles. The molecule has 0 fully saturated rings. The highest BCUT2D eigenvalue weighted by Gasteiger charge is 2.50. The maximum atomic E-state index is 5.56. The molecular weight excluding hydrogens is 651 g/mol. The van der Waals surface area contributed by atoms with Gasteiger partial charge in [-0.25, -0.2) is 15.0 Å². The topological polar surface area (TPSA) is 38.7 Å². The highest BCUT2D eigenvalue weighted by molar-refractivity contribution is 7.25. The Hall–Kier alpha value is -6.49. The van der Waals surface area contributed by atoms with Crippen LogP contribution in [-0.4, -0.2) is 15.0 Å². The van der Waals surface area contributed by atoms with Gasteiger partial charge < -0.3 is 0 Å². The molecule has 0 amide bonds. The first kappa shape index (κ1) is 29.3. The van der Waals surface area contributed by atoms with Crippen LogP contribution in [-0.2, 0) is 5.41 Å². The lowest BCUT2D eigenvalue weighted by atomic mass is 9.71. The van der Waals surface area contributed by atoms with Crippen LogP contribution in [0.15, 0.2) is 176 Å². The maximum absolute atomic E-state index is 5.56. The van der Waals surface area contributed by atoms with Crippen molar-refractivity contribution >= 4 is 53.1 Å². The van der Waals surface area contributed by atoms with Crippen molar-refractivity contribution in [3.05, 3.63) is 198 Å². The molecule has 10 aromatic rings. The molecule has 8 aromatic carbocycles. The predicted octanol–water partition coefficient (Wildman–Crippen LogP) is 12.2. The Kier molecular flexibility index (Phi) is 6.34. The molecule has 242 valence electrons. The molecule has 3 nitrogen and oxygen atoms in total. The van der Waals surface area contributed by atoms with Crippen molar-refractivity contribution in [3.63, 3.8) is 0 Å². The molecule has 52 heavy (non-hydrogen) atoms. The zero-order chi connectivity index (χ0) is 34.2. The number of aromatic nitrogens is 3. The van der Waals surface area contributed by atoms with Crippen molar-refractivity contribution in [2.24, 2.45) is 0 Å². The van der Waals surface area contributed by atoms with E-state index in [0.29, 0.717) is 17.5 Å². The molecule has 0 spiro atoms. The van der Waals surface area contributed by atoms with E-state index in [-0.39, 0.29) is 0 Å². The Morgan fingerprint density at radius 2 is 0.923 bits per heavy atom. The Morgan fingerprint density at radius 1 is 0.385 bits per heavy atom. The van der Waals surface area contributed by atoms with E-state index in [0.717, 1.165) is 16.7 Å². The van der Waals surface area contributed by atoms with Gasteiger partial charge in [-0.1, -0.05) is 164 Å². The highest BCUT2D eigenvalue weighted by Crippen LogP contribution is 2.59. The van der Waals surface area contributed by atoms with Crippen molar-refractivity contribution in [1.82, 2.24) is 15.0 Å². The molecule has 0 atom stereocenters. The van der Waals surface area contributed by atoms with Crippen molar-refractivity contribution in [2.45, 2.75) is 5.41 Å².